The number of thiazole rings is 1. The summed E-state index contributed by atoms with van der Waals surface area (Å²) in [7, 11) is 1.58. The Morgan fingerprint density at radius 3 is 2.41 bits per heavy atom. The number of hydrogen-bond acceptors (Lipinski definition) is 9. The van der Waals surface area contributed by atoms with Gasteiger partial charge in [-0.2, -0.15) is 0 Å². The number of carbonyl (C=O) groups excluding carboxylic acids is 2. The Kier molecular flexibility index (Phi) is 8.65. The van der Waals surface area contributed by atoms with Crippen LogP contribution in [-0.4, -0.2) is 68.0 Å². The number of hydrogen-bond donors (Lipinski definition) is 0. The number of allylic oxidation sites excluding steroid dienone is 1. The predicted molar refractivity (Wildman–Crippen MR) is 153 cm³/mol. The van der Waals surface area contributed by atoms with E-state index in [0.29, 0.717) is 58.4 Å². The molecule has 10 nitrogen and oxygen atoms in total. The fraction of sp³-hybridized carbons (Fsp3) is 0.333. The van der Waals surface area contributed by atoms with Crippen LogP contribution < -0.4 is 24.4 Å². The van der Waals surface area contributed by atoms with E-state index in [1.165, 1.54) is 11.3 Å². The minimum atomic E-state index is -0.696. The van der Waals surface area contributed by atoms with Crippen LogP contribution >= 0.6 is 11.3 Å². The average molecular weight is 578 g/mol. The molecule has 11 heteroatoms. The van der Waals surface area contributed by atoms with E-state index in [0.717, 1.165) is 11.1 Å². The van der Waals surface area contributed by atoms with E-state index in [2.05, 4.69) is 4.99 Å². The van der Waals surface area contributed by atoms with Crippen molar-refractivity contribution in [3.05, 3.63) is 90.6 Å². The summed E-state index contributed by atoms with van der Waals surface area (Å²) in [4.78, 5) is 46.0. The first-order valence-electron chi connectivity index (χ1n) is 13.3. The highest BCUT2D eigenvalue weighted by Gasteiger charge is 2.33. The minimum absolute atomic E-state index is 0.0501. The van der Waals surface area contributed by atoms with Crippen LogP contribution in [0.5, 0.6) is 11.5 Å². The van der Waals surface area contributed by atoms with Crippen molar-refractivity contribution >= 4 is 29.3 Å². The fourth-order valence-corrected chi connectivity index (χ4v) is 5.80. The molecular formula is C30H31N3O7S. The first-order valence-corrected chi connectivity index (χ1v) is 14.1. The van der Waals surface area contributed by atoms with Crippen LogP contribution in [0.4, 0.5) is 0 Å². The number of nitrogens with zero attached hydrogens (tertiary/aromatic N) is 3. The molecule has 0 bridgehead atoms. The van der Waals surface area contributed by atoms with Gasteiger partial charge in [0.15, 0.2) is 11.4 Å². The van der Waals surface area contributed by atoms with Crippen LogP contribution in [0.1, 0.15) is 31.0 Å². The third-order valence-electron chi connectivity index (χ3n) is 6.85. The van der Waals surface area contributed by atoms with Gasteiger partial charge in [-0.15, -0.1) is 0 Å². The molecule has 41 heavy (non-hydrogen) atoms. The lowest BCUT2D eigenvalue weighted by Gasteiger charge is -2.26. The highest BCUT2D eigenvalue weighted by molar-refractivity contribution is 7.07. The molecule has 0 N–H and O–H groups in total. The van der Waals surface area contributed by atoms with Crippen molar-refractivity contribution < 1.29 is 28.5 Å². The van der Waals surface area contributed by atoms with Crippen LogP contribution in [0.3, 0.4) is 0 Å². The maximum Gasteiger partial charge on any atom is 0.338 e. The highest BCUT2D eigenvalue weighted by Crippen LogP contribution is 2.31. The normalized spacial score (nSPS) is 17.1. The predicted octanol–water partition coefficient (Wildman–Crippen LogP) is 2.04. The standard InChI is InChI=1S/C30H31N3O7S/c1-4-39-29(36)26-19(2)31-30-33(27(26)21-7-11-22(37-3)12-8-21)28(35)24(41-30)17-20-5-9-23(10-6-20)40-18-25(34)32-13-15-38-16-14-32/h5-12,17,27H,4,13-16,18H2,1-3H3/b24-17+/t27-/m0/s1. The van der Waals surface area contributed by atoms with Gasteiger partial charge in [0.2, 0.25) is 0 Å². The summed E-state index contributed by atoms with van der Waals surface area (Å²) in [6.07, 6.45) is 1.78. The SMILES string of the molecule is CCOC(=O)C1=C(C)N=c2s/c(=C/c3ccc(OCC(=O)N4CCOCC4)cc3)c(=O)n2[C@H]1c1ccc(OC)cc1. The molecule has 2 aliphatic heterocycles. The number of rotatable bonds is 8. The maximum absolute atomic E-state index is 13.8. The molecule has 0 aliphatic carbocycles. The van der Waals surface area contributed by atoms with Gasteiger partial charge in [-0.05, 0) is 55.3 Å². The quantitative estimate of drug-likeness (QED) is 0.377. The first-order chi connectivity index (χ1) is 19.9. The largest absolute Gasteiger partial charge is 0.497 e. The second kappa shape index (κ2) is 12.5. The van der Waals surface area contributed by atoms with Gasteiger partial charge in [0.1, 0.15) is 11.5 Å². The van der Waals surface area contributed by atoms with Crippen LogP contribution in [0, 0.1) is 0 Å². The number of ether oxygens (including phenoxy) is 4. The molecule has 2 aromatic carbocycles. The number of methoxy groups -OCH3 is 1. The minimum Gasteiger partial charge on any atom is -0.497 e. The molecule has 1 aromatic heterocycles. The lowest BCUT2D eigenvalue weighted by Crippen LogP contribution is -2.42. The molecule has 0 radical (unpaired) electrons. The Hall–Kier alpha value is -4.22. The van der Waals surface area contributed by atoms with Crippen LogP contribution in [0.2, 0.25) is 0 Å². The van der Waals surface area contributed by atoms with Gasteiger partial charge >= 0.3 is 5.97 Å². The number of benzene rings is 2. The topological polar surface area (TPSA) is 109 Å². The van der Waals surface area contributed by atoms with E-state index < -0.39 is 12.0 Å². The summed E-state index contributed by atoms with van der Waals surface area (Å²) in [6, 6.07) is 13.7. The molecule has 2 aliphatic rings. The Bertz CT molecular complexity index is 1630. The summed E-state index contributed by atoms with van der Waals surface area (Å²) in [6.45, 7) is 5.86. The van der Waals surface area contributed by atoms with Crippen molar-refractivity contribution in [3.8, 4) is 11.5 Å². The monoisotopic (exact) mass is 577 g/mol. The van der Waals surface area contributed by atoms with Gasteiger partial charge in [-0.1, -0.05) is 35.6 Å². The van der Waals surface area contributed by atoms with E-state index in [1.807, 2.05) is 24.3 Å². The number of fused-ring (bicyclic) bond motifs is 1. The zero-order chi connectivity index (χ0) is 28.9. The molecule has 1 amide bonds. The summed E-state index contributed by atoms with van der Waals surface area (Å²) in [5.74, 6) is 0.630. The summed E-state index contributed by atoms with van der Waals surface area (Å²) in [5, 5.41) is 0. The second-order valence-corrected chi connectivity index (χ2v) is 10.4. The van der Waals surface area contributed by atoms with Crippen molar-refractivity contribution in [3.63, 3.8) is 0 Å². The molecule has 1 atom stereocenters. The van der Waals surface area contributed by atoms with E-state index >= 15 is 0 Å². The van der Waals surface area contributed by atoms with Gasteiger partial charge in [-0.25, -0.2) is 9.79 Å². The van der Waals surface area contributed by atoms with Crippen molar-refractivity contribution in [2.45, 2.75) is 19.9 Å². The van der Waals surface area contributed by atoms with Gasteiger partial charge in [0.25, 0.3) is 11.5 Å². The number of carbonyl (C=O) groups is 2. The van der Waals surface area contributed by atoms with Gasteiger partial charge in [0, 0.05) is 13.1 Å². The Labute approximate surface area is 240 Å². The van der Waals surface area contributed by atoms with Crippen LogP contribution in [-0.2, 0) is 19.1 Å². The molecule has 1 saturated heterocycles. The number of morpholine rings is 1. The van der Waals surface area contributed by atoms with Crippen LogP contribution in [0.15, 0.2) is 69.6 Å². The molecule has 0 unspecified atom stereocenters. The number of aromatic nitrogens is 1. The van der Waals surface area contributed by atoms with E-state index in [4.69, 9.17) is 18.9 Å². The zero-order valence-corrected chi connectivity index (χ0v) is 23.9. The molecule has 214 valence electrons. The molecular weight excluding hydrogens is 546 g/mol. The Balaban J connectivity index is 1.44. The first kappa shape index (κ1) is 28.3. The summed E-state index contributed by atoms with van der Waals surface area (Å²) >= 11 is 1.25. The third-order valence-corrected chi connectivity index (χ3v) is 7.84. The number of amides is 1. The van der Waals surface area contributed by atoms with Crippen LogP contribution in [0.25, 0.3) is 6.08 Å². The summed E-state index contributed by atoms with van der Waals surface area (Å²) < 4.78 is 23.6. The lowest BCUT2D eigenvalue weighted by molar-refractivity contribution is -0.139. The Morgan fingerprint density at radius 1 is 1.07 bits per heavy atom. The molecule has 3 heterocycles. The average Bonchev–Trinajstić information content (AvgIpc) is 3.30. The second-order valence-electron chi connectivity index (χ2n) is 9.43. The van der Waals surface area contributed by atoms with E-state index in [-0.39, 0.29) is 24.7 Å². The third kappa shape index (κ3) is 6.10. The van der Waals surface area contributed by atoms with E-state index in [9.17, 15) is 14.4 Å². The number of esters is 1. The van der Waals surface area contributed by atoms with Crippen molar-refractivity contribution in [2.75, 3.05) is 46.6 Å². The zero-order valence-electron chi connectivity index (χ0n) is 23.1. The molecule has 0 saturated carbocycles. The van der Waals surface area contributed by atoms with Gasteiger partial charge < -0.3 is 23.8 Å². The van der Waals surface area contributed by atoms with E-state index in [1.54, 1.807) is 60.8 Å². The highest BCUT2D eigenvalue weighted by atomic mass is 32.1. The van der Waals surface area contributed by atoms with Gasteiger partial charge in [0.05, 0.1) is 48.8 Å². The molecule has 0 spiro atoms. The summed E-state index contributed by atoms with van der Waals surface area (Å²) in [5.41, 5.74) is 2.09. The van der Waals surface area contributed by atoms with Crippen molar-refractivity contribution in [2.24, 2.45) is 4.99 Å². The molecule has 1 fully saturated rings. The smallest absolute Gasteiger partial charge is 0.338 e. The van der Waals surface area contributed by atoms with Crippen molar-refractivity contribution in [1.82, 2.24) is 9.47 Å². The fourth-order valence-electron chi connectivity index (χ4n) is 4.75. The molecule has 5 rings (SSSR count). The lowest BCUT2D eigenvalue weighted by atomic mass is 9.96. The maximum atomic E-state index is 13.8. The van der Waals surface area contributed by atoms with Crippen molar-refractivity contribution in [1.29, 1.82) is 0 Å². The van der Waals surface area contributed by atoms with Gasteiger partial charge in [-0.3, -0.25) is 14.2 Å². The molecule has 3 aromatic rings. The Morgan fingerprint density at radius 2 is 1.76 bits per heavy atom.